The van der Waals surface area contributed by atoms with Crippen LogP contribution in [0.5, 0.6) is 0 Å². The van der Waals surface area contributed by atoms with Crippen LogP contribution in [-0.2, 0) is 11.2 Å². The number of carbonyl (C=O) groups excluding carboxylic acids is 2. The van der Waals surface area contributed by atoms with Crippen molar-refractivity contribution < 1.29 is 18.4 Å². The minimum Gasteiger partial charge on any atom is -0.369 e. The van der Waals surface area contributed by atoms with Crippen LogP contribution in [0.4, 0.5) is 8.78 Å². The Kier molecular flexibility index (Phi) is 5.78. The van der Waals surface area contributed by atoms with Gasteiger partial charge in [0.15, 0.2) is 0 Å². The fourth-order valence-corrected chi connectivity index (χ4v) is 2.70. The average Bonchev–Trinajstić information content (AvgIpc) is 3.17. The first-order valence-electron chi connectivity index (χ1n) is 8.55. The van der Waals surface area contributed by atoms with Crippen molar-refractivity contribution in [2.75, 3.05) is 6.54 Å². The van der Waals surface area contributed by atoms with Gasteiger partial charge in [-0.05, 0) is 54.4 Å². The predicted molar refractivity (Wildman–Crippen MR) is 99.1 cm³/mol. The summed E-state index contributed by atoms with van der Waals surface area (Å²) < 4.78 is 26.0. The number of amides is 2. The summed E-state index contributed by atoms with van der Waals surface area (Å²) in [6.45, 7) is 0.0243. The third-order valence-corrected chi connectivity index (χ3v) is 4.27. The molecule has 0 unspecified atom stereocenters. The molecule has 0 bridgehead atoms. The van der Waals surface area contributed by atoms with Gasteiger partial charge in [-0.2, -0.15) is 5.10 Å². The van der Waals surface area contributed by atoms with E-state index in [0.29, 0.717) is 11.3 Å². The molecule has 0 aliphatic heterocycles. The average molecular weight is 384 g/mol. The first kappa shape index (κ1) is 19.2. The lowest BCUT2D eigenvalue weighted by Crippen LogP contribution is -2.37. The number of aromatic nitrogens is 2. The number of primary amides is 1. The van der Waals surface area contributed by atoms with E-state index in [9.17, 15) is 18.4 Å². The van der Waals surface area contributed by atoms with Gasteiger partial charge in [0.25, 0.3) is 5.91 Å². The maximum atomic E-state index is 13.0. The fraction of sp³-hybridized carbons (Fsp3) is 0.150. The van der Waals surface area contributed by atoms with E-state index >= 15 is 0 Å². The second kappa shape index (κ2) is 8.43. The highest BCUT2D eigenvalue weighted by Crippen LogP contribution is 2.18. The molecule has 0 spiro atoms. The van der Waals surface area contributed by atoms with Crippen molar-refractivity contribution in [3.05, 3.63) is 77.5 Å². The summed E-state index contributed by atoms with van der Waals surface area (Å²) in [6.07, 6.45) is 0.277. The van der Waals surface area contributed by atoms with E-state index in [1.807, 2.05) is 0 Å². The molecule has 1 heterocycles. The van der Waals surface area contributed by atoms with Gasteiger partial charge in [0.1, 0.15) is 17.3 Å². The molecule has 0 aliphatic carbocycles. The minimum atomic E-state index is -0.645. The number of carbonyl (C=O) groups is 2. The number of rotatable bonds is 7. The molecule has 144 valence electrons. The first-order valence-corrected chi connectivity index (χ1v) is 8.55. The molecule has 0 aliphatic rings. The zero-order valence-electron chi connectivity index (χ0n) is 14.8. The largest absolute Gasteiger partial charge is 0.369 e. The van der Waals surface area contributed by atoms with Crippen molar-refractivity contribution in [3.8, 4) is 11.3 Å². The molecule has 0 fully saturated rings. The van der Waals surface area contributed by atoms with Crippen LogP contribution < -0.4 is 11.1 Å². The monoisotopic (exact) mass is 384 g/mol. The van der Waals surface area contributed by atoms with Crippen molar-refractivity contribution in [2.45, 2.75) is 6.42 Å². The van der Waals surface area contributed by atoms with Crippen molar-refractivity contribution in [2.24, 2.45) is 11.7 Å². The van der Waals surface area contributed by atoms with Gasteiger partial charge in [-0.25, -0.2) is 8.78 Å². The summed E-state index contributed by atoms with van der Waals surface area (Å²) in [6, 6.07) is 13.0. The number of nitrogens with two attached hydrogens (primary N) is 1. The third-order valence-electron chi connectivity index (χ3n) is 4.27. The highest BCUT2D eigenvalue weighted by Gasteiger charge is 2.19. The molecule has 3 aromatic rings. The SMILES string of the molecule is NC(=O)[C@H](CNC(=O)c1cc(-c2ccc(F)cc2)n[nH]1)Cc1ccc(F)cc1. The van der Waals surface area contributed by atoms with E-state index < -0.39 is 17.7 Å². The molecular formula is C20H18F2N4O2. The van der Waals surface area contributed by atoms with E-state index in [0.717, 1.165) is 5.56 Å². The van der Waals surface area contributed by atoms with Gasteiger partial charge in [-0.1, -0.05) is 12.1 Å². The zero-order chi connectivity index (χ0) is 20.1. The molecule has 1 atom stereocenters. The Balaban J connectivity index is 1.62. The molecule has 28 heavy (non-hydrogen) atoms. The molecule has 3 rings (SSSR count). The van der Waals surface area contributed by atoms with Crippen LogP contribution in [0.1, 0.15) is 16.1 Å². The minimum absolute atomic E-state index is 0.0243. The normalized spacial score (nSPS) is 11.8. The van der Waals surface area contributed by atoms with E-state index in [1.165, 1.54) is 30.3 Å². The number of benzene rings is 2. The van der Waals surface area contributed by atoms with E-state index in [2.05, 4.69) is 15.5 Å². The Morgan fingerprint density at radius 3 is 2.25 bits per heavy atom. The van der Waals surface area contributed by atoms with Gasteiger partial charge in [0.2, 0.25) is 5.91 Å². The van der Waals surface area contributed by atoms with E-state index in [-0.39, 0.29) is 30.3 Å². The fourth-order valence-electron chi connectivity index (χ4n) is 2.70. The number of H-pyrrole nitrogens is 1. The molecular weight excluding hydrogens is 366 g/mol. The molecule has 0 saturated carbocycles. The van der Waals surface area contributed by atoms with Crippen LogP contribution in [0, 0.1) is 17.6 Å². The maximum absolute atomic E-state index is 13.0. The Hall–Kier alpha value is -3.55. The number of nitrogens with zero attached hydrogens (tertiary/aromatic N) is 1. The molecule has 8 heteroatoms. The van der Waals surface area contributed by atoms with Crippen molar-refractivity contribution in [1.82, 2.24) is 15.5 Å². The molecule has 2 amide bonds. The Labute approximate surface area is 159 Å². The Bertz CT molecular complexity index is 969. The van der Waals surface area contributed by atoms with Crippen LogP contribution in [0.15, 0.2) is 54.6 Å². The highest BCUT2D eigenvalue weighted by molar-refractivity contribution is 5.93. The molecule has 6 nitrogen and oxygen atoms in total. The maximum Gasteiger partial charge on any atom is 0.269 e. The molecule has 0 radical (unpaired) electrons. The molecule has 0 saturated heterocycles. The van der Waals surface area contributed by atoms with Crippen LogP contribution >= 0.6 is 0 Å². The van der Waals surface area contributed by atoms with Gasteiger partial charge in [0, 0.05) is 12.1 Å². The number of aromatic amines is 1. The number of nitrogens with one attached hydrogen (secondary N) is 2. The smallest absolute Gasteiger partial charge is 0.269 e. The summed E-state index contributed by atoms with van der Waals surface area (Å²) in [5, 5.41) is 9.29. The van der Waals surface area contributed by atoms with Gasteiger partial charge in [-0.15, -0.1) is 0 Å². The molecule has 4 N–H and O–H groups in total. The second-order valence-electron chi connectivity index (χ2n) is 6.31. The Morgan fingerprint density at radius 2 is 1.64 bits per heavy atom. The lowest BCUT2D eigenvalue weighted by Gasteiger charge is -2.14. The van der Waals surface area contributed by atoms with Crippen molar-refractivity contribution in [1.29, 1.82) is 0 Å². The quantitative estimate of drug-likeness (QED) is 0.583. The van der Waals surface area contributed by atoms with Gasteiger partial charge in [0.05, 0.1) is 11.6 Å². The highest BCUT2D eigenvalue weighted by atomic mass is 19.1. The lowest BCUT2D eigenvalue weighted by molar-refractivity contribution is -0.121. The van der Waals surface area contributed by atoms with Crippen LogP contribution in [-0.4, -0.2) is 28.6 Å². The predicted octanol–water partition coefficient (Wildman–Crippen LogP) is 2.43. The summed E-state index contributed by atoms with van der Waals surface area (Å²) >= 11 is 0. The summed E-state index contributed by atoms with van der Waals surface area (Å²) in [5.74, 6) is -2.40. The number of hydrogen-bond acceptors (Lipinski definition) is 3. The summed E-state index contributed by atoms with van der Waals surface area (Å²) in [7, 11) is 0. The van der Waals surface area contributed by atoms with Gasteiger partial charge >= 0.3 is 0 Å². The zero-order valence-corrected chi connectivity index (χ0v) is 14.8. The van der Waals surface area contributed by atoms with Crippen molar-refractivity contribution >= 4 is 11.8 Å². The second-order valence-corrected chi connectivity index (χ2v) is 6.31. The molecule has 2 aromatic carbocycles. The lowest BCUT2D eigenvalue weighted by atomic mass is 9.98. The number of halogens is 2. The molecule has 1 aromatic heterocycles. The van der Waals surface area contributed by atoms with Crippen LogP contribution in [0.3, 0.4) is 0 Å². The standard InChI is InChI=1S/C20H18F2N4O2/c21-15-5-1-12(2-6-15)9-14(19(23)27)11-24-20(28)18-10-17(25-26-18)13-3-7-16(22)8-4-13/h1-8,10,14H,9,11H2,(H2,23,27)(H,24,28)(H,25,26)/t14-/m0/s1. The van der Waals surface area contributed by atoms with Crippen molar-refractivity contribution in [3.63, 3.8) is 0 Å². The summed E-state index contributed by atoms with van der Waals surface area (Å²) in [5.41, 5.74) is 7.50. The van der Waals surface area contributed by atoms with Gasteiger partial charge < -0.3 is 11.1 Å². The van der Waals surface area contributed by atoms with E-state index in [4.69, 9.17) is 5.73 Å². The van der Waals surface area contributed by atoms with E-state index in [1.54, 1.807) is 24.3 Å². The first-order chi connectivity index (χ1) is 13.4. The Morgan fingerprint density at radius 1 is 1.04 bits per heavy atom. The van der Waals surface area contributed by atoms with Crippen LogP contribution in [0.25, 0.3) is 11.3 Å². The topological polar surface area (TPSA) is 101 Å². The number of hydrogen-bond donors (Lipinski definition) is 3. The summed E-state index contributed by atoms with van der Waals surface area (Å²) in [4.78, 5) is 24.0. The van der Waals surface area contributed by atoms with Gasteiger partial charge in [-0.3, -0.25) is 14.7 Å². The van der Waals surface area contributed by atoms with Crippen LogP contribution in [0.2, 0.25) is 0 Å². The third kappa shape index (κ3) is 4.79.